The highest BCUT2D eigenvalue weighted by molar-refractivity contribution is 5.69. The van der Waals surface area contributed by atoms with Crippen LogP contribution >= 0.6 is 0 Å². The molecule has 1 unspecified atom stereocenters. The van der Waals surface area contributed by atoms with Crippen LogP contribution in [0.5, 0.6) is 11.5 Å². The number of rotatable bonds is 4. The highest BCUT2D eigenvalue weighted by atomic mass is 16.6. The monoisotopic (exact) mass is 251 g/mol. The largest absolute Gasteiger partial charge is 0.486 e. The normalized spacial score (nSPS) is 15.5. The second-order valence-corrected chi connectivity index (χ2v) is 4.39. The molecule has 18 heavy (non-hydrogen) atoms. The first-order valence-corrected chi connectivity index (χ1v) is 5.89. The molecule has 98 valence electrons. The zero-order valence-corrected chi connectivity index (χ0v) is 10.5. The summed E-state index contributed by atoms with van der Waals surface area (Å²) in [5, 5.41) is 8.79. The van der Waals surface area contributed by atoms with Crippen LogP contribution in [0.25, 0.3) is 0 Å². The minimum Gasteiger partial charge on any atom is -0.486 e. The van der Waals surface area contributed by atoms with Crippen molar-refractivity contribution >= 4 is 5.97 Å². The molecule has 1 aromatic carbocycles. The van der Waals surface area contributed by atoms with Gasteiger partial charge in [0.05, 0.1) is 6.54 Å². The molecule has 1 heterocycles. The molecular weight excluding hydrogens is 234 g/mol. The number of carboxylic acids is 1. The number of benzene rings is 1. The van der Waals surface area contributed by atoms with Gasteiger partial charge in [0.15, 0.2) is 11.5 Å². The lowest BCUT2D eigenvalue weighted by atomic mass is 10.1. The molecule has 1 aliphatic rings. The number of carboxylic acid groups (broad SMARTS) is 1. The van der Waals surface area contributed by atoms with Gasteiger partial charge < -0.3 is 14.6 Å². The summed E-state index contributed by atoms with van der Waals surface area (Å²) in [5.41, 5.74) is 1.02. The summed E-state index contributed by atoms with van der Waals surface area (Å²) in [6.45, 7) is 3.10. The van der Waals surface area contributed by atoms with E-state index in [4.69, 9.17) is 14.6 Å². The van der Waals surface area contributed by atoms with Crippen molar-refractivity contribution in [2.45, 2.75) is 13.0 Å². The van der Waals surface area contributed by atoms with Gasteiger partial charge in [0.2, 0.25) is 0 Å². The van der Waals surface area contributed by atoms with Gasteiger partial charge >= 0.3 is 5.97 Å². The van der Waals surface area contributed by atoms with Gasteiger partial charge in [-0.1, -0.05) is 6.07 Å². The lowest BCUT2D eigenvalue weighted by molar-refractivity contribution is -0.138. The summed E-state index contributed by atoms with van der Waals surface area (Å²) in [7, 11) is 1.79. The van der Waals surface area contributed by atoms with Gasteiger partial charge in [0.25, 0.3) is 0 Å². The fourth-order valence-electron chi connectivity index (χ4n) is 1.92. The number of fused-ring (bicyclic) bond motifs is 1. The van der Waals surface area contributed by atoms with Crippen LogP contribution in [0.3, 0.4) is 0 Å². The Labute approximate surface area is 106 Å². The number of likely N-dealkylation sites (N-methyl/N-ethyl adjacent to an activating group) is 1. The Morgan fingerprint density at radius 1 is 1.39 bits per heavy atom. The van der Waals surface area contributed by atoms with Crippen LogP contribution in [-0.4, -0.2) is 42.8 Å². The molecule has 0 spiro atoms. The van der Waals surface area contributed by atoms with E-state index in [1.54, 1.807) is 11.9 Å². The Balaban J connectivity index is 2.15. The topological polar surface area (TPSA) is 59.0 Å². The van der Waals surface area contributed by atoms with Gasteiger partial charge in [-0.3, -0.25) is 9.69 Å². The summed E-state index contributed by atoms with van der Waals surface area (Å²) >= 11 is 0. The molecule has 0 bridgehead atoms. The third kappa shape index (κ3) is 2.73. The molecular formula is C13H17NO4. The molecule has 0 saturated heterocycles. The van der Waals surface area contributed by atoms with E-state index in [1.165, 1.54) is 0 Å². The molecule has 5 nitrogen and oxygen atoms in total. The van der Waals surface area contributed by atoms with Crippen molar-refractivity contribution in [1.82, 2.24) is 4.90 Å². The van der Waals surface area contributed by atoms with E-state index in [9.17, 15) is 4.79 Å². The van der Waals surface area contributed by atoms with Crippen LogP contribution in [0.1, 0.15) is 18.5 Å². The fourth-order valence-corrected chi connectivity index (χ4v) is 1.92. The highest BCUT2D eigenvalue weighted by Crippen LogP contribution is 2.33. The maximum absolute atomic E-state index is 10.7. The Morgan fingerprint density at radius 2 is 2.06 bits per heavy atom. The molecule has 0 saturated carbocycles. The molecule has 5 heteroatoms. The molecule has 1 N–H and O–H groups in total. The standard InChI is InChI=1S/C13H17NO4/c1-9(14(2)8-13(15)16)10-3-4-11-12(7-10)18-6-5-17-11/h3-4,7,9H,5-6,8H2,1-2H3,(H,15,16). The summed E-state index contributed by atoms with van der Waals surface area (Å²) in [4.78, 5) is 12.5. The van der Waals surface area contributed by atoms with Crippen molar-refractivity contribution in [2.75, 3.05) is 26.8 Å². The molecule has 0 radical (unpaired) electrons. The smallest absolute Gasteiger partial charge is 0.317 e. The average Bonchev–Trinajstić information content (AvgIpc) is 2.36. The van der Waals surface area contributed by atoms with E-state index >= 15 is 0 Å². The second-order valence-electron chi connectivity index (χ2n) is 4.39. The zero-order chi connectivity index (χ0) is 13.1. The first-order chi connectivity index (χ1) is 8.58. The van der Waals surface area contributed by atoms with Crippen LogP contribution in [-0.2, 0) is 4.79 Å². The van der Waals surface area contributed by atoms with Crippen molar-refractivity contribution in [2.24, 2.45) is 0 Å². The van der Waals surface area contributed by atoms with Gasteiger partial charge in [0.1, 0.15) is 13.2 Å². The Kier molecular flexibility index (Phi) is 3.72. The minimum atomic E-state index is -0.832. The maximum Gasteiger partial charge on any atom is 0.317 e. The van der Waals surface area contributed by atoms with Gasteiger partial charge in [-0.2, -0.15) is 0 Å². The number of hydrogen-bond acceptors (Lipinski definition) is 4. The van der Waals surface area contributed by atoms with Gasteiger partial charge in [0, 0.05) is 6.04 Å². The van der Waals surface area contributed by atoms with E-state index in [0.717, 1.165) is 17.1 Å². The fraction of sp³-hybridized carbons (Fsp3) is 0.462. The first kappa shape index (κ1) is 12.7. The summed E-state index contributed by atoms with van der Waals surface area (Å²) < 4.78 is 11.0. The van der Waals surface area contributed by atoms with E-state index in [-0.39, 0.29) is 12.6 Å². The Hall–Kier alpha value is -1.75. The molecule has 1 atom stereocenters. The molecule has 1 aromatic rings. The lowest BCUT2D eigenvalue weighted by Crippen LogP contribution is -2.28. The van der Waals surface area contributed by atoms with Gasteiger partial charge in [-0.25, -0.2) is 0 Å². The predicted molar refractivity (Wildman–Crippen MR) is 66.1 cm³/mol. The predicted octanol–water partition coefficient (Wildman–Crippen LogP) is 1.54. The van der Waals surface area contributed by atoms with Crippen molar-refractivity contribution < 1.29 is 19.4 Å². The van der Waals surface area contributed by atoms with E-state index < -0.39 is 5.97 Å². The molecule has 0 fully saturated rings. The van der Waals surface area contributed by atoms with Crippen LogP contribution in [0, 0.1) is 0 Å². The molecule has 0 aromatic heterocycles. The number of hydrogen-bond donors (Lipinski definition) is 1. The van der Waals surface area contributed by atoms with Gasteiger partial charge in [-0.05, 0) is 31.7 Å². The van der Waals surface area contributed by atoms with Crippen molar-refractivity contribution in [3.8, 4) is 11.5 Å². The quantitative estimate of drug-likeness (QED) is 0.879. The number of carbonyl (C=O) groups is 1. The van der Waals surface area contributed by atoms with E-state index in [1.807, 2.05) is 25.1 Å². The van der Waals surface area contributed by atoms with Crippen LogP contribution < -0.4 is 9.47 Å². The molecule has 2 rings (SSSR count). The van der Waals surface area contributed by atoms with Crippen LogP contribution in [0.2, 0.25) is 0 Å². The third-order valence-corrected chi connectivity index (χ3v) is 3.09. The number of nitrogens with zero attached hydrogens (tertiary/aromatic N) is 1. The first-order valence-electron chi connectivity index (χ1n) is 5.89. The Bertz CT molecular complexity index is 447. The SMILES string of the molecule is CC(c1ccc2c(c1)OCCO2)N(C)CC(=O)O. The molecule has 1 aliphatic heterocycles. The number of aliphatic carboxylic acids is 1. The third-order valence-electron chi connectivity index (χ3n) is 3.09. The van der Waals surface area contributed by atoms with Crippen molar-refractivity contribution in [3.63, 3.8) is 0 Å². The van der Waals surface area contributed by atoms with Gasteiger partial charge in [-0.15, -0.1) is 0 Å². The Morgan fingerprint density at radius 3 is 2.72 bits per heavy atom. The molecule has 0 amide bonds. The van der Waals surface area contributed by atoms with Crippen LogP contribution in [0.15, 0.2) is 18.2 Å². The average molecular weight is 251 g/mol. The van der Waals surface area contributed by atoms with Crippen LogP contribution in [0.4, 0.5) is 0 Å². The maximum atomic E-state index is 10.7. The van der Waals surface area contributed by atoms with E-state index in [0.29, 0.717) is 13.2 Å². The minimum absolute atomic E-state index is 0.00953. The summed E-state index contributed by atoms with van der Waals surface area (Å²) in [6.07, 6.45) is 0. The molecule has 0 aliphatic carbocycles. The van der Waals surface area contributed by atoms with Crippen molar-refractivity contribution in [3.05, 3.63) is 23.8 Å². The summed E-state index contributed by atoms with van der Waals surface area (Å²) in [6, 6.07) is 5.74. The van der Waals surface area contributed by atoms with Crippen molar-refractivity contribution in [1.29, 1.82) is 0 Å². The highest BCUT2D eigenvalue weighted by Gasteiger charge is 2.18. The van der Waals surface area contributed by atoms with E-state index in [2.05, 4.69) is 0 Å². The summed E-state index contributed by atoms with van der Waals surface area (Å²) in [5.74, 6) is 0.648. The zero-order valence-electron chi connectivity index (χ0n) is 10.5. The lowest BCUT2D eigenvalue weighted by Gasteiger charge is -2.25. The number of ether oxygens (including phenoxy) is 2. The second kappa shape index (κ2) is 5.27.